The van der Waals surface area contributed by atoms with E-state index in [0.29, 0.717) is 12.7 Å². The van der Waals surface area contributed by atoms with Crippen LogP contribution in [0.15, 0.2) is 0 Å². The number of amides is 1. The van der Waals surface area contributed by atoms with Crippen LogP contribution >= 0.6 is 0 Å². The second-order valence-corrected chi connectivity index (χ2v) is 4.29. The van der Waals surface area contributed by atoms with Crippen molar-refractivity contribution in [1.82, 2.24) is 5.06 Å². The van der Waals surface area contributed by atoms with E-state index in [0.717, 1.165) is 5.06 Å². The van der Waals surface area contributed by atoms with Crippen molar-refractivity contribution in [3.8, 4) is 0 Å². The predicted molar refractivity (Wildman–Crippen MR) is 46.7 cm³/mol. The maximum absolute atomic E-state index is 11.3. The van der Waals surface area contributed by atoms with E-state index >= 15 is 0 Å². The number of carbonyl (C=O) groups is 2. The second kappa shape index (κ2) is 3.46. The number of rotatable bonds is 2. The lowest BCUT2D eigenvalue weighted by atomic mass is 9.87. The van der Waals surface area contributed by atoms with Crippen LogP contribution in [0.3, 0.4) is 0 Å². The molecule has 0 radical (unpaired) electrons. The van der Waals surface area contributed by atoms with Gasteiger partial charge in [-0.1, -0.05) is 20.8 Å². The maximum Gasteiger partial charge on any atom is 0.249 e. The Hall–Kier alpha value is -0.900. The van der Waals surface area contributed by atoms with E-state index in [4.69, 9.17) is 4.84 Å². The first kappa shape index (κ1) is 10.2. The van der Waals surface area contributed by atoms with E-state index in [-0.39, 0.29) is 24.0 Å². The molecule has 0 bridgehead atoms. The average molecular weight is 185 g/mol. The van der Waals surface area contributed by atoms with Crippen molar-refractivity contribution in [3.05, 3.63) is 0 Å². The number of carbonyl (C=O) groups excluding carboxylic acids is 2. The molecule has 1 aliphatic rings. The van der Waals surface area contributed by atoms with Crippen LogP contribution < -0.4 is 0 Å². The molecule has 1 unspecified atom stereocenters. The van der Waals surface area contributed by atoms with Gasteiger partial charge in [0.05, 0.1) is 12.5 Å². The Morgan fingerprint density at radius 3 is 2.62 bits per heavy atom. The minimum absolute atomic E-state index is 0.0331. The Labute approximate surface area is 77.8 Å². The zero-order valence-electron chi connectivity index (χ0n) is 8.24. The molecule has 1 rings (SSSR count). The smallest absolute Gasteiger partial charge is 0.249 e. The molecule has 1 fully saturated rings. The van der Waals surface area contributed by atoms with Crippen molar-refractivity contribution in [1.29, 1.82) is 0 Å². The van der Waals surface area contributed by atoms with Crippen LogP contribution in [0.5, 0.6) is 0 Å². The Morgan fingerprint density at radius 2 is 2.23 bits per heavy atom. The van der Waals surface area contributed by atoms with Gasteiger partial charge in [0.1, 0.15) is 12.8 Å². The third-order valence-electron chi connectivity index (χ3n) is 2.10. The number of aldehydes is 1. The van der Waals surface area contributed by atoms with Crippen molar-refractivity contribution in [2.45, 2.75) is 33.3 Å². The van der Waals surface area contributed by atoms with Crippen LogP contribution in [0, 0.1) is 5.41 Å². The van der Waals surface area contributed by atoms with Gasteiger partial charge in [-0.3, -0.25) is 9.63 Å². The van der Waals surface area contributed by atoms with Crippen LogP contribution in [0.2, 0.25) is 0 Å². The SMILES string of the molecule is CC(C)(C)C1CC(=O)N(CC=O)O1. The van der Waals surface area contributed by atoms with Gasteiger partial charge in [0, 0.05) is 0 Å². The zero-order chi connectivity index (χ0) is 10.1. The average Bonchev–Trinajstić information content (AvgIpc) is 2.32. The van der Waals surface area contributed by atoms with Gasteiger partial charge >= 0.3 is 0 Å². The Kier molecular flexibility index (Phi) is 2.71. The first-order valence-electron chi connectivity index (χ1n) is 4.36. The second-order valence-electron chi connectivity index (χ2n) is 4.29. The van der Waals surface area contributed by atoms with E-state index in [1.54, 1.807) is 0 Å². The normalized spacial score (nSPS) is 23.8. The summed E-state index contributed by atoms with van der Waals surface area (Å²) in [5, 5.41) is 1.14. The van der Waals surface area contributed by atoms with Gasteiger partial charge in [-0.05, 0) is 5.41 Å². The molecule has 0 aromatic rings. The van der Waals surface area contributed by atoms with Crippen molar-refractivity contribution in [2.24, 2.45) is 5.41 Å². The van der Waals surface area contributed by atoms with E-state index < -0.39 is 0 Å². The number of hydroxylamine groups is 2. The molecule has 0 saturated carbocycles. The van der Waals surface area contributed by atoms with E-state index in [2.05, 4.69) is 0 Å². The van der Waals surface area contributed by atoms with Gasteiger partial charge in [-0.2, -0.15) is 0 Å². The fraction of sp³-hybridized carbons (Fsp3) is 0.778. The Morgan fingerprint density at radius 1 is 1.62 bits per heavy atom. The van der Waals surface area contributed by atoms with E-state index in [1.165, 1.54) is 0 Å². The van der Waals surface area contributed by atoms with Crippen LogP contribution in [0.25, 0.3) is 0 Å². The summed E-state index contributed by atoms with van der Waals surface area (Å²) in [4.78, 5) is 26.8. The number of hydrogen-bond acceptors (Lipinski definition) is 3. The highest BCUT2D eigenvalue weighted by molar-refractivity contribution is 5.79. The topological polar surface area (TPSA) is 46.6 Å². The lowest BCUT2D eigenvalue weighted by molar-refractivity contribution is -0.184. The molecule has 4 heteroatoms. The predicted octanol–water partition coefficient (Wildman–Crippen LogP) is 0.764. The maximum atomic E-state index is 11.3. The van der Waals surface area contributed by atoms with Crippen LogP contribution in [-0.2, 0) is 14.4 Å². The molecule has 74 valence electrons. The first-order valence-corrected chi connectivity index (χ1v) is 4.36. The van der Waals surface area contributed by atoms with Crippen LogP contribution in [-0.4, -0.2) is 29.9 Å². The molecule has 13 heavy (non-hydrogen) atoms. The molecule has 0 aliphatic carbocycles. The summed E-state index contributed by atoms with van der Waals surface area (Å²) in [6.07, 6.45) is 0.931. The molecule has 0 aromatic carbocycles. The van der Waals surface area contributed by atoms with E-state index in [1.807, 2.05) is 20.8 Å². The highest BCUT2D eigenvalue weighted by atomic mass is 16.7. The molecule has 1 atom stereocenters. The monoisotopic (exact) mass is 185 g/mol. The fourth-order valence-electron chi connectivity index (χ4n) is 1.19. The van der Waals surface area contributed by atoms with Gasteiger partial charge in [0.2, 0.25) is 5.91 Å². The standard InChI is InChI=1S/C9H15NO3/c1-9(2,3)7-6-8(12)10(13-7)4-5-11/h5,7H,4,6H2,1-3H3. The van der Waals surface area contributed by atoms with Crippen molar-refractivity contribution >= 4 is 12.2 Å². The van der Waals surface area contributed by atoms with Crippen molar-refractivity contribution < 1.29 is 14.4 Å². The molecule has 1 heterocycles. The summed E-state index contributed by atoms with van der Waals surface area (Å²) in [5.74, 6) is -0.105. The summed E-state index contributed by atoms with van der Waals surface area (Å²) in [7, 11) is 0. The molecule has 1 amide bonds. The molecule has 0 N–H and O–H groups in total. The fourth-order valence-corrected chi connectivity index (χ4v) is 1.19. The summed E-state index contributed by atoms with van der Waals surface area (Å²) in [6, 6.07) is 0. The molecular formula is C9H15NO3. The Bertz CT molecular complexity index is 219. The molecule has 4 nitrogen and oxygen atoms in total. The molecule has 1 saturated heterocycles. The third-order valence-corrected chi connectivity index (χ3v) is 2.10. The molecule has 0 spiro atoms. The van der Waals surface area contributed by atoms with E-state index in [9.17, 15) is 9.59 Å². The minimum atomic E-state index is -0.111. The molecule has 0 aromatic heterocycles. The highest BCUT2D eigenvalue weighted by Crippen LogP contribution is 2.30. The van der Waals surface area contributed by atoms with Crippen LogP contribution in [0.4, 0.5) is 0 Å². The summed E-state index contributed by atoms with van der Waals surface area (Å²) >= 11 is 0. The van der Waals surface area contributed by atoms with Gasteiger partial charge in [-0.25, -0.2) is 5.06 Å². The van der Waals surface area contributed by atoms with Crippen molar-refractivity contribution in [3.63, 3.8) is 0 Å². The minimum Gasteiger partial charge on any atom is -0.301 e. The summed E-state index contributed by atoms with van der Waals surface area (Å²) in [6.45, 7) is 6.06. The van der Waals surface area contributed by atoms with Crippen molar-refractivity contribution in [2.75, 3.05) is 6.54 Å². The number of nitrogens with zero attached hydrogens (tertiary/aromatic N) is 1. The quantitative estimate of drug-likeness (QED) is 0.597. The van der Waals surface area contributed by atoms with Crippen LogP contribution in [0.1, 0.15) is 27.2 Å². The van der Waals surface area contributed by atoms with Gasteiger partial charge < -0.3 is 4.79 Å². The van der Waals surface area contributed by atoms with Gasteiger partial charge in [0.25, 0.3) is 0 Å². The lowest BCUT2D eigenvalue weighted by Gasteiger charge is -2.25. The zero-order valence-corrected chi connectivity index (χ0v) is 8.24. The summed E-state index contributed by atoms with van der Waals surface area (Å²) < 4.78 is 0. The first-order chi connectivity index (χ1) is 5.95. The molecule has 1 aliphatic heterocycles. The summed E-state index contributed by atoms with van der Waals surface area (Å²) in [5.41, 5.74) is -0.0622. The van der Waals surface area contributed by atoms with Gasteiger partial charge in [0.15, 0.2) is 0 Å². The third kappa shape index (κ3) is 2.28. The number of hydrogen-bond donors (Lipinski definition) is 0. The highest BCUT2D eigenvalue weighted by Gasteiger charge is 2.38. The molecular weight excluding hydrogens is 170 g/mol. The largest absolute Gasteiger partial charge is 0.301 e. The van der Waals surface area contributed by atoms with Gasteiger partial charge in [-0.15, -0.1) is 0 Å². The Balaban J connectivity index is 2.60. The lowest BCUT2D eigenvalue weighted by Crippen LogP contribution is -2.29.